The lowest BCUT2D eigenvalue weighted by Crippen LogP contribution is -2.44. The van der Waals surface area contributed by atoms with Gasteiger partial charge in [0.25, 0.3) is 0 Å². The minimum Gasteiger partial charge on any atom is -0.381 e. The minimum absolute atomic E-state index is 0.0186. The van der Waals surface area contributed by atoms with Crippen molar-refractivity contribution in [1.29, 1.82) is 0 Å². The Hall–Kier alpha value is -3.45. The van der Waals surface area contributed by atoms with E-state index in [1.54, 1.807) is 12.4 Å². The number of hydrogen-bond acceptors (Lipinski definition) is 6. The molecule has 0 radical (unpaired) electrons. The Balaban J connectivity index is 1.35. The lowest BCUT2D eigenvalue weighted by atomic mass is 9.73. The van der Waals surface area contributed by atoms with Crippen LogP contribution in [0.15, 0.2) is 60.9 Å². The van der Waals surface area contributed by atoms with Crippen LogP contribution < -0.4 is 16.0 Å². The molecule has 1 amide bonds. The van der Waals surface area contributed by atoms with Crippen LogP contribution in [0.3, 0.4) is 0 Å². The number of nitrogens with zero attached hydrogens (tertiary/aromatic N) is 3. The average Bonchev–Trinajstić information content (AvgIpc) is 2.90. The van der Waals surface area contributed by atoms with Gasteiger partial charge in [-0.1, -0.05) is 24.3 Å². The maximum atomic E-state index is 13.7. The zero-order valence-corrected chi connectivity index (χ0v) is 19.4. The van der Waals surface area contributed by atoms with E-state index in [9.17, 15) is 4.79 Å². The number of hydrogen-bond donors (Lipinski definition) is 2. The quantitative estimate of drug-likeness (QED) is 0.590. The Bertz CT molecular complexity index is 1100. The van der Waals surface area contributed by atoms with Crippen molar-refractivity contribution in [2.45, 2.75) is 37.5 Å². The topological polar surface area (TPSA) is 93.4 Å². The monoisotopic (exact) mass is 457 g/mol. The number of nitrogens with one attached hydrogen (secondary N) is 1. The van der Waals surface area contributed by atoms with Gasteiger partial charge in [-0.25, -0.2) is 9.97 Å². The second-order valence-electron chi connectivity index (χ2n) is 9.15. The molecular weight excluding hydrogens is 426 g/mol. The highest BCUT2D eigenvalue weighted by Gasteiger charge is 2.41. The first kappa shape index (κ1) is 22.3. The molecule has 0 bridgehead atoms. The molecule has 0 unspecified atom stereocenters. The van der Waals surface area contributed by atoms with Crippen molar-refractivity contribution in [1.82, 2.24) is 9.97 Å². The van der Waals surface area contributed by atoms with Gasteiger partial charge >= 0.3 is 0 Å². The molecule has 34 heavy (non-hydrogen) atoms. The Kier molecular flexibility index (Phi) is 6.45. The van der Waals surface area contributed by atoms with Crippen LogP contribution in [0.5, 0.6) is 0 Å². The van der Waals surface area contributed by atoms with Crippen molar-refractivity contribution in [3.8, 4) is 11.1 Å². The molecule has 0 saturated carbocycles. The molecule has 2 aliphatic heterocycles. The maximum absolute atomic E-state index is 13.7. The lowest BCUT2D eigenvalue weighted by molar-refractivity contribution is -0.125. The molecule has 2 fully saturated rings. The molecule has 1 aromatic heterocycles. The van der Waals surface area contributed by atoms with Gasteiger partial charge in [-0.2, -0.15) is 0 Å². The van der Waals surface area contributed by atoms with Gasteiger partial charge in [0.15, 0.2) is 0 Å². The first-order valence-electron chi connectivity index (χ1n) is 12.1. The zero-order valence-electron chi connectivity index (χ0n) is 19.4. The predicted octanol–water partition coefficient (Wildman–Crippen LogP) is 4.40. The van der Waals surface area contributed by atoms with Crippen LogP contribution >= 0.6 is 0 Å². The van der Waals surface area contributed by atoms with Gasteiger partial charge < -0.3 is 20.7 Å². The molecule has 3 aromatic rings. The van der Waals surface area contributed by atoms with E-state index in [2.05, 4.69) is 32.3 Å². The van der Waals surface area contributed by atoms with Crippen LogP contribution in [0.25, 0.3) is 11.1 Å². The van der Waals surface area contributed by atoms with Gasteiger partial charge in [-0.05, 0) is 67.5 Å². The first-order chi connectivity index (χ1) is 16.6. The highest BCUT2D eigenvalue weighted by Crippen LogP contribution is 2.37. The Morgan fingerprint density at radius 3 is 2.18 bits per heavy atom. The van der Waals surface area contributed by atoms with Crippen molar-refractivity contribution in [2.75, 3.05) is 42.3 Å². The molecule has 2 saturated heterocycles. The summed E-state index contributed by atoms with van der Waals surface area (Å²) in [5.41, 5.74) is 9.90. The molecule has 2 aromatic carbocycles. The van der Waals surface area contributed by atoms with Crippen LogP contribution in [-0.4, -0.2) is 42.2 Å². The summed E-state index contributed by atoms with van der Waals surface area (Å²) in [5.74, 6) is 0.271. The van der Waals surface area contributed by atoms with Crippen molar-refractivity contribution >= 4 is 23.2 Å². The molecule has 3 heterocycles. The summed E-state index contributed by atoms with van der Waals surface area (Å²) in [6, 6.07) is 16.4. The number of piperidine rings is 1. The summed E-state index contributed by atoms with van der Waals surface area (Å²) < 4.78 is 5.62. The molecule has 5 rings (SSSR count). The summed E-state index contributed by atoms with van der Waals surface area (Å²) in [6.07, 6.45) is 8.51. The van der Waals surface area contributed by atoms with Gasteiger partial charge in [0.05, 0.1) is 5.41 Å². The molecule has 0 spiro atoms. The molecule has 7 heteroatoms. The van der Waals surface area contributed by atoms with Gasteiger partial charge in [0.2, 0.25) is 11.9 Å². The number of benzene rings is 2. The highest BCUT2D eigenvalue weighted by molar-refractivity contribution is 5.99. The Morgan fingerprint density at radius 1 is 0.882 bits per heavy atom. The smallest absolute Gasteiger partial charge is 0.235 e. The summed E-state index contributed by atoms with van der Waals surface area (Å²) in [5, 5.41) is 3.19. The van der Waals surface area contributed by atoms with E-state index in [1.165, 1.54) is 24.9 Å². The second kappa shape index (κ2) is 9.81. The standard InChI is InChI=1S/C27H31N5O2/c28-26-29-18-21(19-30-26)20-4-6-22(7-5-20)27(12-16-34-17-13-27)25(33)31-23-8-10-24(11-9-23)32-14-2-1-3-15-32/h4-11,18-19H,1-3,12-17H2,(H,31,33)(H2,28,29,30). The van der Waals surface area contributed by atoms with E-state index >= 15 is 0 Å². The van der Waals surface area contributed by atoms with Gasteiger partial charge in [-0.3, -0.25) is 4.79 Å². The van der Waals surface area contributed by atoms with Crippen molar-refractivity contribution < 1.29 is 9.53 Å². The molecule has 2 aliphatic rings. The van der Waals surface area contributed by atoms with Crippen LogP contribution in [0.4, 0.5) is 17.3 Å². The fraction of sp³-hybridized carbons (Fsp3) is 0.370. The number of ether oxygens (including phenoxy) is 1. The molecule has 0 atom stereocenters. The van der Waals surface area contributed by atoms with E-state index in [0.717, 1.165) is 35.5 Å². The van der Waals surface area contributed by atoms with E-state index in [0.29, 0.717) is 26.1 Å². The summed E-state index contributed by atoms with van der Waals surface area (Å²) in [7, 11) is 0. The van der Waals surface area contributed by atoms with Gasteiger partial charge in [0, 0.05) is 55.6 Å². The SMILES string of the molecule is Nc1ncc(-c2ccc(C3(C(=O)Nc4ccc(N5CCCCC5)cc4)CCOCC3)cc2)cn1. The molecule has 0 aliphatic carbocycles. The maximum Gasteiger partial charge on any atom is 0.235 e. The van der Waals surface area contributed by atoms with Gasteiger partial charge in [0.1, 0.15) is 0 Å². The normalized spacial score (nSPS) is 17.8. The first-order valence-corrected chi connectivity index (χ1v) is 12.1. The fourth-order valence-corrected chi connectivity index (χ4v) is 4.99. The number of anilines is 3. The summed E-state index contributed by atoms with van der Waals surface area (Å²) in [6.45, 7) is 3.34. The largest absolute Gasteiger partial charge is 0.381 e. The zero-order chi connectivity index (χ0) is 23.4. The number of rotatable bonds is 5. The minimum atomic E-state index is -0.625. The van der Waals surface area contributed by atoms with Crippen LogP contribution in [0.2, 0.25) is 0 Å². The summed E-state index contributed by atoms with van der Waals surface area (Å²) in [4.78, 5) is 24.2. The molecule has 3 N–H and O–H groups in total. The van der Waals surface area contributed by atoms with Crippen molar-refractivity contribution in [2.24, 2.45) is 0 Å². The van der Waals surface area contributed by atoms with Crippen molar-refractivity contribution in [3.05, 3.63) is 66.5 Å². The highest BCUT2D eigenvalue weighted by atomic mass is 16.5. The lowest BCUT2D eigenvalue weighted by Gasteiger charge is -2.36. The van der Waals surface area contributed by atoms with Crippen LogP contribution in [-0.2, 0) is 14.9 Å². The number of aromatic nitrogens is 2. The van der Waals surface area contributed by atoms with Gasteiger partial charge in [-0.15, -0.1) is 0 Å². The number of amides is 1. The third kappa shape index (κ3) is 4.61. The average molecular weight is 458 g/mol. The molecule has 7 nitrogen and oxygen atoms in total. The van der Waals surface area contributed by atoms with E-state index < -0.39 is 5.41 Å². The van der Waals surface area contributed by atoms with Crippen molar-refractivity contribution in [3.63, 3.8) is 0 Å². The molecule has 176 valence electrons. The predicted molar refractivity (Wildman–Crippen MR) is 135 cm³/mol. The second-order valence-corrected chi connectivity index (χ2v) is 9.15. The van der Waals surface area contributed by atoms with E-state index in [-0.39, 0.29) is 11.9 Å². The third-order valence-corrected chi connectivity index (χ3v) is 7.07. The number of carbonyl (C=O) groups excluding carboxylic acids is 1. The van der Waals surface area contributed by atoms with E-state index in [1.807, 2.05) is 36.4 Å². The molecular formula is C27H31N5O2. The third-order valence-electron chi connectivity index (χ3n) is 7.07. The van der Waals surface area contributed by atoms with Crippen LogP contribution in [0, 0.1) is 0 Å². The fourth-order valence-electron chi connectivity index (χ4n) is 4.99. The number of nitrogens with two attached hydrogens (primary N) is 1. The number of carbonyl (C=O) groups is 1. The summed E-state index contributed by atoms with van der Waals surface area (Å²) >= 11 is 0. The number of nitrogen functional groups attached to an aromatic ring is 1. The van der Waals surface area contributed by atoms with E-state index in [4.69, 9.17) is 10.5 Å². The van der Waals surface area contributed by atoms with Crippen LogP contribution in [0.1, 0.15) is 37.7 Å². The Labute approximate surface area is 200 Å². The Morgan fingerprint density at radius 2 is 1.53 bits per heavy atom.